The zero-order chi connectivity index (χ0) is 24.7. The Hall–Kier alpha value is -3.75. The molecule has 3 aromatic heterocycles. The van der Waals surface area contributed by atoms with Gasteiger partial charge in [0.2, 0.25) is 0 Å². The third-order valence-corrected chi connectivity index (χ3v) is 6.28. The van der Waals surface area contributed by atoms with Crippen molar-refractivity contribution in [3.8, 4) is 23.0 Å². The molecule has 0 amide bonds. The van der Waals surface area contributed by atoms with Gasteiger partial charge in [0.15, 0.2) is 6.20 Å². The largest absolute Gasteiger partial charge is 0.497 e. The first-order valence-corrected chi connectivity index (χ1v) is 12.0. The van der Waals surface area contributed by atoms with Crippen molar-refractivity contribution in [2.24, 2.45) is 0 Å². The van der Waals surface area contributed by atoms with E-state index < -0.39 is 0 Å². The number of benzene rings is 3. The molecule has 0 aliphatic rings. The first-order chi connectivity index (χ1) is 17.5. The quantitative estimate of drug-likeness (QED) is 0.151. The second-order valence-corrected chi connectivity index (χ2v) is 9.79. The van der Waals surface area contributed by atoms with Crippen LogP contribution in [0.15, 0.2) is 97.3 Å². The minimum absolute atomic E-state index is 0. The Labute approximate surface area is 231 Å². The topological polar surface area (TPSA) is 30.9 Å². The van der Waals surface area contributed by atoms with Crippen LogP contribution in [0.25, 0.3) is 33.3 Å². The summed E-state index contributed by atoms with van der Waals surface area (Å²) in [4.78, 5) is 4.74. The van der Waals surface area contributed by atoms with Crippen molar-refractivity contribution in [2.45, 2.75) is 26.2 Å². The molecule has 0 fully saturated rings. The summed E-state index contributed by atoms with van der Waals surface area (Å²) < 4.78 is 10.3. The van der Waals surface area contributed by atoms with Gasteiger partial charge in [0.25, 0.3) is 0 Å². The molecule has 6 aromatic rings. The van der Waals surface area contributed by atoms with Gasteiger partial charge in [-0.3, -0.25) is 0 Å². The minimum Gasteiger partial charge on any atom is -0.497 e. The summed E-state index contributed by atoms with van der Waals surface area (Å²) in [7, 11) is 0. The molecule has 186 valence electrons. The fraction of sp³-hybridized carbons (Fsp3) is 0.125. The molecule has 4 nitrogen and oxygen atoms in total. The standard InChI is InChI=1S/C32H25N3O.Pt/c1-32(2,3)23-17-18-33-31(20-23)35-29-14-8-7-13-27(29)28-16-15-25(21-30(28)35)36-26-12-9-19-34(22-26)24-10-5-4-6-11-24;/h4-10,12-20H,1-3H3;/q-2;. The molecule has 0 N–H and O–H groups in total. The molecule has 3 aromatic carbocycles. The predicted molar refractivity (Wildman–Crippen MR) is 142 cm³/mol. The Bertz CT molecular complexity index is 1700. The summed E-state index contributed by atoms with van der Waals surface area (Å²) in [5, 5.41) is 2.26. The van der Waals surface area contributed by atoms with Crippen LogP contribution in [0.1, 0.15) is 26.3 Å². The third kappa shape index (κ3) is 4.82. The van der Waals surface area contributed by atoms with Gasteiger partial charge in [0, 0.05) is 44.2 Å². The number of aromatic nitrogens is 3. The molecule has 0 unspecified atom stereocenters. The van der Waals surface area contributed by atoms with E-state index in [4.69, 9.17) is 9.72 Å². The molecule has 0 bridgehead atoms. The smallest absolute Gasteiger partial charge is 0.196 e. The Balaban J connectivity index is 0.00000280. The van der Waals surface area contributed by atoms with Crippen LogP contribution in [0, 0.1) is 18.3 Å². The van der Waals surface area contributed by atoms with Gasteiger partial charge in [-0.2, -0.15) is 30.3 Å². The van der Waals surface area contributed by atoms with Crippen molar-refractivity contribution in [1.82, 2.24) is 9.55 Å². The number of fused-ring (bicyclic) bond motifs is 3. The van der Waals surface area contributed by atoms with Crippen molar-refractivity contribution in [2.75, 3.05) is 0 Å². The molecule has 6 rings (SSSR count). The molecule has 0 saturated heterocycles. The number of rotatable bonds is 4. The molecule has 0 aliphatic heterocycles. The van der Waals surface area contributed by atoms with Crippen LogP contribution in [0.5, 0.6) is 11.5 Å². The fourth-order valence-electron chi connectivity index (χ4n) is 4.44. The molecule has 0 radical (unpaired) electrons. The van der Waals surface area contributed by atoms with Gasteiger partial charge in [-0.25, -0.2) is 4.98 Å². The average Bonchev–Trinajstić information content (AvgIpc) is 3.22. The van der Waals surface area contributed by atoms with E-state index in [1.165, 1.54) is 5.56 Å². The predicted octanol–water partition coefficient (Wildman–Crippen LogP) is 6.94. The Morgan fingerprint density at radius 1 is 0.865 bits per heavy atom. The van der Waals surface area contributed by atoms with Crippen molar-refractivity contribution in [3.63, 3.8) is 0 Å². The molecule has 0 aliphatic carbocycles. The molecule has 3 heterocycles. The van der Waals surface area contributed by atoms with Crippen LogP contribution in [0.4, 0.5) is 0 Å². The SMILES string of the molecule is CC(C)(C)c1ccnc(-n2c3[c-]c(Oc4[c-][n+](-c5[c-]cccc5)ccc4)ccc3c3ccccc32)c1.[Pt]. The maximum Gasteiger partial charge on any atom is 0.196 e. The molecule has 0 atom stereocenters. The van der Waals surface area contributed by atoms with E-state index in [1.54, 1.807) is 0 Å². The van der Waals surface area contributed by atoms with Gasteiger partial charge in [0.05, 0.1) is 6.20 Å². The van der Waals surface area contributed by atoms with Crippen molar-refractivity contribution in [1.29, 1.82) is 0 Å². The number of ether oxygens (including phenoxy) is 1. The first kappa shape index (κ1) is 24.9. The number of hydrogen-bond acceptors (Lipinski definition) is 2. The van der Waals surface area contributed by atoms with Gasteiger partial charge < -0.3 is 13.9 Å². The monoisotopic (exact) mass is 662 g/mol. The summed E-state index contributed by atoms with van der Waals surface area (Å²) in [6.45, 7) is 6.64. The minimum atomic E-state index is 0. The zero-order valence-electron chi connectivity index (χ0n) is 20.8. The van der Waals surface area contributed by atoms with E-state index in [-0.39, 0.29) is 26.5 Å². The summed E-state index contributed by atoms with van der Waals surface area (Å²) in [5.74, 6) is 2.08. The van der Waals surface area contributed by atoms with Crippen LogP contribution in [0.2, 0.25) is 0 Å². The van der Waals surface area contributed by atoms with Crippen LogP contribution < -0.4 is 9.30 Å². The van der Waals surface area contributed by atoms with Gasteiger partial charge in [0.1, 0.15) is 11.6 Å². The molecule has 5 heteroatoms. The maximum absolute atomic E-state index is 6.23. The molecule has 0 spiro atoms. The van der Waals surface area contributed by atoms with Crippen LogP contribution in [-0.2, 0) is 26.5 Å². The van der Waals surface area contributed by atoms with Crippen molar-refractivity contribution in [3.05, 3.63) is 121 Å². The molecular weight excluding hydrogens is 637 g/mol. The van der Waals surface area contributed by atoms with Gasteiger partial charge in [-0.05, 0) is 34.6 Å². The van der Waals surface area contributed by atoms with Crippen molar-refractivity contribution < 1.29 is 30.4 Å². The zero-order valence-corrected chi connectivity index (χ0v) is 23.1. The number of nitrogens with zero attached hydrogens (tertiary/aromatic N) is 3. The fourth-order valence-corrected chi connectivity index (χ4v) is 4.44. The maximum atomic E-state index is 6.23. The average molecular weight is 663 g/mol. The van der Waals surface area contributed by atoms with Gasteiger partial charge in [-0.1, -0.05) is 56.6 Å². The second kappa shape index (κ2) is 9.95. The van der Waals surface area contributed by atoms with Crippen LogP contribution in [0.3, 0.4) is 0 Å². The normalized spacial score (nSPS) is 11.4. The Morgan fingerprint density at radius 3 is 2.51 bits per heavy atom. The molecule has 37 heavy (non-hydrogen) atoms. The first-order valence-electron chi connectivity index (χ1n) is 12.0. The Kier molecular flexibility index (Phi) is 6.70. The number of para-hydroxylation sites is 2. The number of pyridine rings is 2. The van der Waals surface area contributed by atoms with E-state index in [9.17, 15) is 0 Å². The van der Waals surface area contributed by atoms with Crippen LogP contribution in [-0.4, -0.2) is 9.55 Å². The van der Waals surface area contributed by atoms with E-state index in [2.05, 4.69) is 86.1 Å². The van der Waals surface area contributed by atoms with Crippen molar-refractivity contribution >= 4 is 21.8 Å². The third-order valence-electron chi connectivity index (χ3n) is 6.28. The van der Waals surface area contributed by atoms with E-state index in [1.807, 2.05) is 59.4 Å². The van der Waals surface area contributed by atoms with Crippen LogP contribution >= 0.6 is 0 Å². The second-order valence-electron chi connectivity index (χ2n) is 9.79. The van der Waals surface area contributed by atoms with Gasteiger partial charge >= 0.3 is 0 Å². The molecule has 0 saturated carbocycles. The van der Waals surface area contributed by atoms with Gasteiger partial charge in [-0.15, -0.1) is 23.6 Å². The van der Waals surface area contributed by atoms with E-state index >= 15 is 0 Å². The summed E-state index contributed by atoms with van der Waals surface area (Å²) >= 11 is 0. The van der Waals surface area contributed by atoms with E-state index in [0.29, 0.717) is 11.5 Å². The summed E-state index contributed by atoms with van der Waals surface area (Å²) in [6.07, 6.45) is 7.09. The number of hydrogen-bond donors (Lipinski definition) is 0. The summed E-state index contributed by atoms with van der Waals surface area (Å²) in [6, 6.07) is 35.0. The summed E-state index contributed by atoms with van der Waals surface area (Å²) in [5.41, 5.74) is 4.15. The molecular formula is C32H25N3OPt-2. The van der Waals surface area contributed by atoms with E-state index in [0.717, 1.165) is 33.3 Å². The Morgan fingerprint density at radius 2 is 1.70 bits per heavy atom.